The van der Waals surface area contributed by atoms with Crippen LogP contribution in [-0.4, -0.2) is 18.6 Å². The molecule has 0 spiro atoms. The molecule has 1 unspecified atom stereocenters. The van der Waals surface area contributed by atoms with Crippen molar-refractivity contribution in [3.63, 3.8) is 0 Å². The molecular formula is C20H18NO4S. The highest BCUT2D eigenvalue weighted by atomic mass is 32.2. The minimum absolute atomic E-state index is 0.0496. The summed E-state index contributed by atoms with van der Waals surface area (Å²) in [6.07, 6.45) is 0. The van der Waals surface area contributed by atoms with Gasteiger partial charge < -0.3 is 10.2 Å². The monoisotopic (exact) mass is 368 g/mol. The third-order valence-corrected chi connectivity index (χ3v) is 5.36. The number of phenolic OH excluding ortho intramolecular Hbond substituents is 2. The lowest BCUT2D eigenvalue weighted by Crippen LogP contribution is -2.29. The van der Waals surface area contributed by atoms with Crippen LogP contribution in [0.2, 0.25) is 0 Å². The van der Waals surface area contributed by atoms with E-state index in [1.165, 1.54) is 18.2 Å². The van der Waals surface area contributed by atoms with Crippen LogP contribution < -0.4 is 5.14 Å². The Balaban J connectivity index is 2.39. The van der Waals surface area contributed by atoms with Crippen molar-refractivity contribution in [2.45, 2.75) is 10.3 Å². The fourth-order valence-electron chi connectivity index (χ4n) is 3.06. The second kappa shape index (κ2) is 6.48. The number of phenols is 2. The van der Waals surface area contributed by atoms with Crippen molar-refractivity contribution in [2.24, 2.45) is 5.14 Å². The molecule has 0 fully saturated rings. The smallest absolute Gasteiger partial charge is 0.238 e. The molecule has 3 rings (SSSR count). The third-order valence-electron chi connectivity index (χ3n) is 4.39. The fraction of sp³-hybridized carbons (Fsp3) is 0.0500. The van der Waals surface area contributed by atoms with E-state index < -0.39 is 15.4 Å². The summed E-state index contributed by atoms with van der Waals surface area (Å²) in [7, 11) is -4.00. The Hall–Kier alpha value is -2.83. The summed E-state index contributed by atoms with van der Waals surface area (Å²) in [5, 5.41) is 25.0. The van der Waals surface area contributed by atoms with Crippen LogP contribution in [0.15, 0.2) is 77.7 Å². The fourth-order valence-corrected chi connectivity index (χ4v) is 3.87. The Bertz CT molecular complexity index is 1050. The molecular weight excluding hydrogens is 350 g/mol. The standard InChI is InChI=1S/C20H18NO4S/c1-20(14-7-3-2-4-8-14,15-11-12-17(22)18(23)13-15)16-9-5-6-10-19(16)26(21,24)25/h2-13,22-23H,1H2,(H2,21,24,25). The highest BCUT2D eigenvalue weighted by molar-refractivity contribution is 7.89. The van der Waals surface area contributed by atoms with Gasteiger partial charge >= 0.3 is 0 Å². The number of rotatable bonds is 4. The first-order valence-corrected chi connectivity index (χ1v) is 9.35. The van der Waals surface area contributed by atoms with Crippen LogP contribution in [0.1, 0.15) is 16.7 Å². The van der Waals surface area contributed by atoms with E-state index >= 15 is 0 Å². The zero-order chi connectivity index (χ0) is 18.9. The van der Waals surface area contributed by atoms with Gasteiger partial charge in [-0.15, -0.1) is 0 Å². The second-order valence-electron chi connectivity index (χ2n) is 6.02. The second-order valence-corrected chi connectivity index (χ2v) is 7.55. The van der Waals surface area contributed by atoms with Gasteiger partial charge in [-0.2, -0.15) is 0 Å². The van der Waals surface area contributed by atoms with Crippen molar-refractivity contribution in [1.82, 2.24) is 0 Å². The zero-order valence-corrected chi connectivity index (χ0v) is 14.6. The maximum absolute atomic E-state index is 12.1. The van der Waals surface area contributed by atoms with Gasteiger partial charge in [-0.1, -0.05) is 54.6 Å². The van der Waals surface area contributed by atoms with Crippen LogP contribution in [-0.2, 0) is 15.4 Å². The highest BCUT2D eigenvalue weighted by Gasteiger charge is 2.35. The van der Waals surface area contributed by atoms with E-state index in [1.54, 1.807) is 24.3 Å². The van der Waals surface area contributed by atoms with Gasteiger partial charge in [0.15, 0.2) is 11.5 Å². The lowest BCUT2D eigenvalue weighted by atomic mass is 9.71. The van der Waals surface area contributed by atoms with Crippen LogP contribution in [0.3, 0.4) is 0 Å². The summed E-state index contributed by atoms with van der Waals surface area (Å²) in [6, 6.07) is 19.8. The molecule has 0 aliphatic carbocycles. The van der Waals surface area contributed by atoms with Crippen LogP contribution in [0.4, 0.5) is 0 Å². The summed E-state index contributed by atoms with van der Waals surface area (Å²) in [5.41, 5.74) is 0.422. The minimum atomic E-state index is -4.00. The first kappa shape index (κ1) is 18.0. The molecule has 0 saturated heterocycles. The number of aromatic hydroxyl groups is 2. The minimum Gasteiger partial charge on any atom is -0.504 e. The first-order valence-electron chi connectivity index (χ1n) is 7.80. The van der Waals surface area contributed by atoms with E-state index in [2.05, 4.69) is 6.92 Å². The largest absolute Gasteiger partial charge is 0.504 e. The van der Waals surface area contributed by atoms with E-state index in [-0.39, 0.29) is 16.4 Å². The molecule has 0 bridgehead atoms. The summed E-state index contributed by atoms with van der Waals surface area (Å²) in [4.78, 5) is -0.0496. The van der Waals surface area contributed by atoms with Gasteiger partial charge in [-0.25, -0.2) is 13.6 Å². The molecule has 0 aromatic heterocycles. The number of nitrogens with two attached hydrogens (primary N) is 1. The summed E-state index contributed by atoms with van der Waals surface area (Å²) in [6.45, 7) is 4.31. The Morgan fingerprint density at radius 3 is 2.04 bits per heavy atom. The Labute approximate surface area is 152 Å². The van der Waals surface area contributed by atoms with Gasteiger partial charge in [-0.3, -0.25) is 0 Å². The molecule has 6 heteroatoms. The van der Waals surface area contributed by atoms with Crippen molar-refractivity contribution >= 4 is 10.0 Å². The number of hydrogen-bond acceptors (Lipinski definition) is 4. The van der Waals surface area contributed by atoms with E-state index in [1.807, 2.05) is 30.3 Å². The SMILES string of the molecule is [CH2]C(c1ccccc1)(c1ccc(O)c(O)c1)c1ccccc1S(N)(=O)=O. The van der Waals surface area contributed by atoms with Crippen molar-refractivity contribution in [3.05, 3.63) is 96.4 Å². The van der Waals surface area contributed by atoms with Crippen LogP contribution in [0.5, 0.6) is 11.5 Å². The Kier molecular flexibility index (Phi) is 4.48. The lowest BCUT2D eigenvalue weighted by molar-refractivity contribution is 0.402. The lowest BCUT2D eigenvalue weighted by Gasteiger charge is -2.33. The average Bonchev–Trinajstić information content (AvgIpc) is 2.63. The van der Waals surface area contributed by atoms with Gasteiger partial charge in [0.05, 0.1) is 4.90 Å². The predicted octanol–water partition coefficient (Wildman–Crippen LogP) is 2.91. The average molecular weight is 368 g/mol. The predicted molar refractivity (Wildman–Crippen MR) is 99.3 cm³/mol. The third kappa shape index (κ3) is 3.05. The van der Waals surface area contributed by atoms with E-state index in [0.29, 0.717) is 16.7 Å². The highest BCUT2D eigenvalue weighted by Crippen LogP contribution is 2.43. The molecule has 26 heavy (non-hydrogen) atoms. The van der Waals surface area contributed by atoms with Gasteiger partial charge in [0.1, 0.15) is 0 Å². The van der Waals surface area contributed by atoms with Crippen LogP contribution >= 0.6 is 0 Å². The maximum Gasteiger partial charge on any atom is 0.238 e. The van der Waals surface area contributed by atoms with Crippen molar-refractivity contribution in [1.29, 1.82) is 0 Å². The normalized spacial score (nSPS) is 13.9. The first-order chi connectivity index (χ1) is 12.2. The maximum atomic E-state index is 12.1. The Morgan fingerprint density at radius 2 is 1.42 bits per heavy atom. The van der Waals surface area contributed by atoms with Gasteiger partial charge in [0, 0.05) is 5.41 Å². The molecule has 0 aliphatic rings. The topological polar surface area (TPSA) is 101 Å². The van der Waals surface area contributed by atoms with Crippen LogP contribution in [0.25, 0.3) is 0 Å². The summed E-state index contributed by atoms with van der Waals surface area (Å²) >= 11 is 0. The summed E-state index contributed by atoms with van der Waals surface area (Å²) < 4.78 is 24.3. The number of hydrogen-bond donors (Lipinski definition) is 3. The molecule has 3 aromatic rings. The zero-order valence-electron chi connectivity index (χ0n) is 13.8. The van der Waals surface area contributed by atoms with Crippen molar-refractivity contribution in [3.8, 4) is 11.5 Å². The molecule has 0 aliphatic heterocycles. The van der Waals surface area contributed by atoms with Crippen molar-refractivity contribution < 1.29 is 18.6 Å². The van der Waals surface area contributed by atoms with Crippen molar-refractivity contribution in [2.75, 3.05) is 0 Å². The molecule has 1 radical (unpaired) electrons. The van der Waals surface area contributed by atoms with E-state index in [0.717, 1.165) is 0 Å². The van der Waals surface area contributed by atoms with E-state index in [9.17, 15) is 18.6 Å². The summed E-state index contributed by atoms with van der Waals surface area (Å²) in [5.74, 6) is -0.594. The molecule has 133 valence electrons. The number of sulfonamides is 1. The molecule has 0 saturated carbocycles. The van der Waals surface area contributed by atoms with Gasteiger partial charge in [0.2, 0.25) is 10.0 Å². The van der Waals surface area contributed by atoms with E-state index in [4.69, 9.17) is 5.14 Å². The van der Waals surface area contributed by atoms with Gasteiger partial charge in [0.25, 0.3) is 0 Å². The Morgan fingerprint density at radius 1 is 0.808 bits per heavy atom. The van der Waals surface area contributed by atoms with Crippen LogP contribution in [0, 0.1) is 6.92 Å². The molecule has 5 nitrogen and oxygen atoms in total. The molecule has 0 amide bonds. The van der Waals surface area contributed by atoms with Gasteiger partial charge in [-0.05, 0) is 41.8 Å². The molecule has 1 atom stereocenters. The number of primary sulfonamides is 1. The molecule has 4 N–H and O–H groups in total. The molecule has 0 heterocycles. The molecule has 3 aromatic carbocycles. The number of benzene rings is 3. The quantitative estimate of drug-likeness (QED) is 0.487.